The summed E-state index contributed by atoms with van der Waals surface area (Å²) < 4.78 is 13.1. The number of carbonyl (C=O) groups excluding carboxylic acids is 1. The molecule has 0 saturated carbocycles. The van der Waals surface area contributed by atoms with Crippen LogP contribution in [0.15, 0.2) is 54.6 Å². The topological polar surface area (TPSA) is 70.7 Å². The Morgan fingerprint density at radius 2 is 1.91 bits per heavy atom. The highest BCUT2D eigenvalue weighted by atomic mass is 19.1. The quantitative estimate of drug-likeness (QED) is 0.777. The van der Waals surface area contributed by atoms with Gasteiger partial charge in [-0.2, -0.15) is 15.4 Å². The van der Waals surface area contributed by atoms with Crippen LogP contribution in [0.25, 0.3) is 11.3 Å². The van der Waals surface area contributed by atoms with E-state index >= 15 is 0 Å². The number of hydrogen-bond acceptors (Lipinski definition) is 3. The van der Waals surface area contributed by atoms with Crippen molar-refractivity contribution in [1.82, 2.24) is 20.7 Å². The molecule has 22 heavy (non-hydrogen) atoms. The summed E-state index contributed by atoms with van der Waals surface area (Å²) in [5, 5.41) is 13.1. The zero-order valence-electron chi connectivity index (χ0n) is 11.6. The maximum Gasteiger partial charge on any atom is 0.274 e. The lowest BCUT2D eigenvalue weighted by atomic mass is 10.1. The van der Waals surface area contributed by atoms with E-state index in [-0.39, 0.29) is 24.0 Å². The first-order valence-corrected chi connectivity index (χ1v) is 6.73. The number of nitrogens with zero attached hydrogens (tertiary/aromatic N) is 2. The summed E-state index contributed by atoms with van der Waals surface area (Å²) in [4.78, 5) is 12.2. The van der Waals surface area contributed by atoms with E-state index in [1.165, 1.54) is 12.1 Å². The summed E-state index contributed by atoms with van der Waals surface area (Å²) in [6.45, 7) is 0.220. The molecular weight excluding hydrogens is 283 g/mol. The molecule has 5 nitrogen and oxygen atoms in total. The Morgan fingerprint density at radius 1 is 1.09 bits per heavy atom. The molecular formula is C16H13FN4O. The van der Waals surface area contributed by atoms with Gasteiger partial charge in [-0.05, 0) is 17.7 Å². The Kier molecular flexibility index (Phi) is 3.91. The van der Waals surface area contributed by atoms with Crippen LogP contribution in [0.1, 0.15) is 16.1 Å². The molecule has 0 aliphatic heterocycles. The lowest BCUT2D eigenvalue weighted by molar-refractivity contribution is 0.0946. The number of rotatable bonds is 4. The van der Waals surface area contributed by atoms with Gasteiger partial charge in [-0.1, -0.05) is 42.5 Å². The predicted molar refractivity (Wildman–Crippen MR) is 79.4 cm³/mol. The second-order valence-electron chi connectivity index (χ2n) is 4.70. The third kappa shape index (κ3) is 3.01. The largest absolute Gasteiger partial charge is 0.346 e. The Bertz CT molecular complexity index is 786. The van der Waals surface area contributed by atoms with Crippen LogP contribution >= 0.6 is 0 Å². The fraction of sp³-hybridized carbons (Fsp3) is 0.0625. The van der Waals surface area contributed by atoms with Gasteiger partial charge in [-0.3, -0.25) is 4.79 Å². The van der Waals surface area contributed by atoms with Crippen molar-refractivity contribution in [3.05, 3.63) is 71.7 Å². The summed E-state index contributed by atoms with van der Waals surface area (Å²) in [5.41, 5.74) is 2.17. The maximum absolute atomic E-state index is 13.1. The minimum Gasteiger partial charge on any atom is -0.346 e. The number of aromatic amines is 1. The molecule has 0 spiro atoms. The highest BCUT2D eigenvalue weighted by Crippen LogP contribution is 2.18. The van der Waals surface area contributed by atoms with Gasteiger partial charge in [0.25, 0.3) is 5.91 Å². The fourth-order valence-electron chi connectivity index (χ4n) is 2.10. The molecule has 0 saturated heterocycles. The molecule has 2 aromatic carbocycles. The number of amides is 1. The zero-order chi connectivity index (χ0) is 15.4. The molecule has 0 unspecified atom stereocenters. The van der Waals surface area contributed by atoms with Gasteiger partial charge < -0.3 is 5.32 Å². The fourth-order valence-corrected chi connectivity index (χ4v) is 2.10. The van der Waals surface area contributed by atoms with Gasteiger partial charge in [0, 0.05) is 12.1 Å². The van der Waals surface area contributed by atoms with E-state index in [2.05, 4.69) is 20.7 Å². The number of H-pyrrole nitrogens is 1. The molecule has 3 aromatic rings. The predicted octanol–water partition coefficient (Wildman–Crippen LogP) is 2.54. The van der Waals surface area contributed by atoms with Crippen LogP contribution in [0.3, 0.4) is 0 Å². The second-order valence-corrected chi connectivity index (χ2v) is 4.70. The number of halogens is 1. The van der Waals surface area contributed by atoms with E-state index in [4.69, 9.17) is 0 Å². The normalized spacial score (nSPS) is 10.4. The van der Waals surface area contributed by atoms with Crippen LogP contribution in [-0.2, 0) is 6.54 Å². The van der Waals surface area contributed by atoms with Crippen LogP contribution in [0, 0.1) is 5.82 Å². The molecule has 0 bridgehead atoms. The summed E-state index contributed by atoms with van der Waals surface area (Å²) in [6.07, 6.45) is 0. The van der Waals surface area contributed by atoms with Crippen molar-refractivity contribution in [3.63, 3.8) is 0 Å². The lowest BCUT2D eigenvalue weighted by Crippen LogP contribution is -2.23. The van der Waals surface area contributed by atoms with Gasteiger partial charge in [0.2, 0.25) is 0 Å². The standard InChI is InChI=1S/C16H13FN4O/c17-13-8-4-5-11(9-13)10-18-16(22)15-14(19-21-20-15)12-6-2-1-3-7-12/h1-9H,10H2,(H,18,22)(H,19,20,21). The minimum atomic E-state index is -0.364. The van der Waals surface area contributed by atoms with Gasteiger partial charge >= 0.3 is 0 Å². The molecule has 0 fully saturated rings. The van der Waals surface area contributed by atoms with Crippen LogP contribution < -0.4 is 5.32 Å². The van der Waals surface area contributed by atoms with Crippen LogP contribution in [0.2, 0.25) is 0 Å². The van der Waals surface area contributed by atoms with Crippen LogP contribution in [-0.4, -0.2) is 21.3 Å². The highest BCUT2D eigenvalue weighted by Gasteiger charge is 2.17. The van der Waals surface area contributed by atoms with Crippen molar-refractivity contribution in [1.29, 1.82) is 0 Å². The Hall–Kier alpha value is -3.02. The zero-order valence-corrected chi connectivity index (χ0v) is 11.6. The van der Waals surface area contributed by atoms with E-state index in [0.29, 0.717) is 11.3 Å². The van der Waals surface area contributed by atoms with Crippen molar-refractivity contribution in [2.45, 2.75) is 6.54 Å². The SMILES string of the molecule is O=C(NCc1cccc(F)c1)c1n[nH]nc1-c1ccccc1. The van der Waals surface area contributed by atoms with Crippen LogP contribution in [0.5, 0.6) is 0 Å². The molecule has 110 valence electrons. The molecule has 3 rings (SSSR count). The van der Waals surface area contributed by atoms with Crippen molar-refractivity contribution in [2.75, 3.05) is 0 Å². The van der Waals surface area contributed by atoms with E-state index in [1.54, 1.807) is 12.1 Å². The summed E-state index contributed by atoms with van der Waals surface area (Å²) in [5.74, 6) is -0.699. The average molecular weight is 296 g/mol. The van der Waals surface area contributed by atoms with Gasteiger partial charge in [0.1, 0.15) is 11.5 Å². The monoisotopic (exact) mass is 296 g/mol. The first-order valence-electron chi connectivity index (χ1n) is 6.73. The summed E-state index contributed by atoms with van der Waals surface area (Å²) in [7, 11) is 0. The lowest BCUT2D eigenvalue weighted by Gasteiger charge is -2.05. The third-order valence-electron chi connectivity index (χ3n) is 3.15. The van der Waals surface area contributed by atoms with Gasteiger partial charge in [0.05, 0.1) is 0 Å². The molecule has 1 amide bonds. The summed E-state index contributed by atoms with van der Waals surface area (Å²) in [6, 6.07) is 15.4. The van der Waals surface area contributed by atoms with Gasteiger partial charge in [-0.15, -0.1) is 0 Å². The molecule has 6 heteroatoms. The Morgan fingerprint density at radius 3 is 2.68 bits per heavy atom. The molecule has 0 aliphatic carbocycles. The number of benzene rings is 2. The average Bonchev–Trinajstić information content (AvgIpc) is 3.03. The molecule has 0 radical (unpaired) electrons. The number of aromatic nitrogens is 3. The Balaban J connectivity index is 1.75. The van der Waals surface area contributed by atoms with Crippen molar-refractivity contribution in [3.8, 4) is 11.3 Å². The minimum absolute atomic E-state index is 0.211. The Labute approximate surface area is 126 Å². The summed E-state index contributed by atoms with van der Waals surface area (Å²) >= 11 is 0. The van der Waals surface area contributed by atoms with E-state index in [9.17, 15) is 9.18 Å². The van der Waals surface area contributed by atoms with Crippen molar-refractivity contribution < 1.29 is 9.18 Å². The third-order valence-corrected chi connectivity index (χ3v) is 3.15. The van der Waals surface area contributed by atoms with Crippen molar-refractivity contribution >= 4 is 5.91 Å². The first-order chi connectivity index (χ1) is 10.7. The van der Waals surface area contributed by atoms with Gasteiger partial charge in [-0.25, -0.2) is 4.39 Å². The van der Waals surface area contributed by atoms with E-state index in [0.717, 1.165) is 5.56 Å². The molecule has 1 heterocycles. The number of carbonyl (C=O) groups is 1. The molecule has 0 aliphatic rings. The number of hydrogen-bond donors (Lipinski definition) is 2. The first kappa shape index (κ1) is 13.9. The van der Waals surface area contributed by atoms with E-state index in [1.807, 2.05) is 30.3 Å². The van der Waals surface area contributed by atoms with Gasteiger partial charge in [0.15, 0.2) is 5.69 Å². The molecule has 0 atom stereocenters. The second kappa shape index (κ2) is 6.17. The molecule has 2 N–H and O–H groups in total. The maximum atomic E-state index is 13.1. The highest BCUT2D eigenvalue weighted by molar-refractivity contribution is 5.97. The number of nitrogens with one attached hydrogen (secondary N) is 2. The van der Waals surface area contributed by atoms with Crippen molar-refractivity contribution in [2.24, 2.45) is 0 Å². The smallest absolute Gasteiger partial charge is 0.274 e. The molecule has 1 aromatic heterocycles. The van der Waals surface area contributed by atoms with E-state index < -0.39 is 0 Å². The van der Waals surface area contributed by atoms with Crippen LogP contribution in [0.4, 0.5) is 4.39 Å².